The van der Waals surface area contributed by atoms with Crippen molar-refractivity contribution in [3.8, 4) is 5.75 Å². The van der Waals surface area contributed by atoms with Crippen molar-refractivity contribution in [1.82, 2.24) is 0 Å². The number of benzene rings is 1. The van der Waals surface area contributed by atoms with Gasteiger partial charge in [0.1, 0.15) is 11.5 Å². The van der Waals surface area contributed by atoms with Gasteiger partial charge in [0.2, 0.25) is 0 Å². The van der Waals surface area contributed by atoms with E-state index in [1.54, 1.807) is 0 Å². The fourth-order valence-electron chi connectivity index (χ4n) is 2.43. The van der Waals surface area contributed by atoms with Crippen LogP contribution in [0.1, 0.15) is 52.5 Å². The lowest BCUT2D eigenvalue weighted by Crippen LogP contribution is -2.11. The molecule has 1 aromatic carbocycles. The summed E-state index contributed by atoms with van der Waals surface area (Å²) in [4.78, 5) is 12.1. The fourth-order valence-corrected chi connectivity index (χ4v) is 2.43. The Kier molecular flexibility index (Phi) is 12.0. The summed E-state index contributed by atoms with van der Waals surface area (Å²) in [6.07, 6.45) is 3.15. The van der Waals surface area contributed by atoms with Gasteiger partial charge in [-0.25, -0.2) is 0 Å². The molecule has 0 bridgehead atoms. The summed E-state index contributed by atoms with van der Waals surface area (Å²) in [7, 11) is 0. The van der Waals surface area contributed by atoms with Gasteiger partial charge in [-0.3, -0.25) is 4.79 Å². The van der Waals surface area contributed by atoms with E-state index in [1.807, 2.05) is 24.3 Å². The zero-order valence-corrected chi connectivity index (χ0v) is 17.0. The summed E-state index contributed by atoms with van der Waals surface area (Å²) in [5.74, 6) is 2.22. The Labute approximate surface area is 159 Å². The molecule has 0 spiro atoms. The van der Waals surface area contributed by atoms with E-state index in [2.05, 4.69) is 27.7 Å². The minimum absolute atomic E-state index is 0.184. The van der Waals surface area contributed by atoms with E-state index < -0.39 is 0 Å². The molecule has 0 radical (unpaired) electrons. The van der Waals surface area contributed by atoms with Crippen molar-refractivity contribution in [1.29, 1.82) is 0 Å². The molecular weight excluding hydrogens is 328 g/mol. The molecule has 0 atom stereocenters. The molecule has 0 heterocycles. The predicted octanol–water partition coefficient (Wildman–Crippen LogP) is 4.69. The molecule has 0 aliphatic heterocycles. The third-order valence-corrected chi connectivity index (χ3v) is 3.85. The molecule has 0 aromatic heterocycles. The Hall–Kier alpha value is -1.39. The number of carbonyl (C=O) groups excluding carboxylic acids is 1. The van der Waals surface area contributed by atoms with Gasteiger partial charge in [-0.1, -0.05) is 39.8 Å². The molecule has 0 N–H and O–H groups in total. The van der Waals surface area contributed by atoms with Crippen molar-refractivity contribution in [3.05, 3.63) is 29.8 Å². The molecule has 0 saturated heterocycles. The van der Waals surface area contributed by atoms with Crippen LogP contribution in [0.25, 0.3) is 0 Å². The summed E-state index contributed by atoms with van der Waals surface area (Å²) < 4.78 is 16.7. The second kappa shape index (κ2) is 13.8. The van der Waals surface area contributed by atoms with Crippen molar-refractivity contribution in [2.75, 3.05) is 33.0 Å². The molecule has 148 valence electrons. The van der Waals surface area contributed by atoms with Gasteiger partial charge < -0.3 is 14.2 Å². The van der Waals surface area contributed by atoms with Gasteiger partial charge in [0.15, 0.2) is 0 Å². The quantitative estimate of drug-likeness (QED) is 0.423. The first-order valence-corrected chi connectivity index (χ1v) is 9.86. The summed E-state index contributed by atoms with van der Waals surface area (Å²) in [6.45, 7) is 11.7. The Morgan fingerprint density at radius 1 is 0.962 bits per heavy atom. The highest BCUT2D eigenvalue weighted by Gasteiger charge is 2.06. The molecule has 26 heavy (non-hydrogen) atoms. The maximum Gasteiger partial charge on any atom is 0.139 e. The van der Waals surface area contributed by atoms with Crippen LogP contribution in [-0.4, -0.2) is 38.8 Å². The van der Waals surface area contributed by atoms with Crippen molar-refractivity contribution < 1.29 is 19.0 Å². The third-order valence-electron chi connectivity index (χ3n) is 3.85. The molecule has 0 aliphatic carbocycles. The van der Waals surface area contributed by atoms with E-state index in [0.29, 0.717) is 45.2 Å². The molecular formula is C22H36O4. The van der Waals surface area contributed by atoms with E-state index in [0.717, 1.165) is 30.3 Å². The lowest BCUT2D eigenvalue weighted by Gasteiger charge is -2.10. The van der Waals surface area contributed by atoms with Crippen LogP contribution in [-0.2, 0) is 20.7 Å². The SMILES string of the molecule is CC(C)CCCOCCOCCC(=O)Cc1cccc(OCC(C)C)c1. The number of hydrogen-bond donors (Lipinski definition) is 0. The van der Waals surface area contributed by atoms with E-state index in [4.69, 9.17) is 14.2 Å². The molecule has 0 aliphatic rings. The van der Waals surface area contributed by atoms with Crippen LogP contribution in [0.3, 0.4) is 0 Å². The van der Waals surface area contributed by atoms with Gasteiger partial charge in [-0.05, 0) is 42.4 Å². The zero-order chi connectivity index (χ0) is 19.2. The molecule has 0 fully saturated rings. The van der Waals surface area contributed by atoms with E-state index >= 15 is 0 Å². The average Bonchev–Trinajstić information content (AvgIpc) is 2.58. The minimum Gasteiger partial charge on any atom is -0.493 e. The Morgan fingerprint density at radius 2 is 1.69 bits per heavy atom. The maximum atomic E-state index is 12.1. The normalized spacial score (nSPS) is 11.3. The van der Waals surface area contributed by atoms with Crippen molar-refractivity contribution in [2.24, 2.45) is 11.8 Å². The first-order valence-electron chi connectivity index (χ1n) is 9.86. The summed E-state index contributed by atoms with van der Waals surface area (Å²) in [6, 6.07) is 7.78. The largest absolute Gasteiger partial charge is 0.493 e. The summed E-state index contributed by atoms with van der Waals surface area (Å²) in [5.41, 5.74) is 0.991. The summed E-state index contributed by atoms with van der Waals surface area (Å²) in [5, 5.41) is 0. The Balaban J connectivity index is 2.10. The molecule has 4 nitrogen and oxygen atoms in total. The predicted molar refractivity (Wildman–Crippen MR) is 106 cm³/mol. The number of ether oxygens (including phenoxy) is 3. The molecule has 4 heteroatoms. The number of carbonyl (C=O) groups is 1. The highest BCUT2D eigenvalue weighted by atomic mass is 16.5. The van der Waals surface area contributed by atoms with Crippen LogP contribution in [0.4, 0.5) is 0 Å². The van der Waals surface area contributed by atoms with Gasteiger partial charge in [-0.15, -0.1) is 0 Å². The van der Waals surface area contributed by atoms with Crippen molar-refractivity contribution in [2.45, 2.75) is 53.4 Å². The second-order valence-corrected chi connectivity index (χ2v) is 7.58. The van der Waals surface area contributed by atoms with Crippen LogP contribution in [0.5, 0.6) is 5.75 Å². The van der Waals surface area contributed by atoms with Crippen LogP contribution in [0.2, 0.25) is 0 Å². The van der Waals surface area contributed by atoms with Crippen molar-refractivity contribution in [3.63, 3.8) is 0 Å². The van der Waals surface area contributed by atoms with Gasteiger partial charge in [0.25, 0.3) is 0 Å². The van der Waals surface area contributed by atoms with E-state index in [9.17, 15) is 4.79 Å². The van der Waals surface area contributed by atoms with E-state index in [1.165, 1.54) is 6.42 Å². The third kappa shape index (κ3) is 12.0. The zero-order valence-electron chi connectivity index (χ0n) is 17.0. The topological polar surface area (TPSA) is 44.8 Å². The van der Waals surface area contributed by atoms with E-state index in [-0.39, 0.29) is 5.78 Å². The van der Waals surface area contributed by atoms with Crippen LogP contribution < -0.4 is 4.74 Å². The van der Waals surface area contributed by atoms with Crippen LogP contribution in [0, 0.1) is 11.8 Å². The molecule has 0 saturated carbocycles. The maximum absolute atomic E-state index is 12.1. The lowest BCUT2D eigenvalue weighted by molar-refractivity contribution is -0.119. The molecule has 1 aromatic rings. The lowest BCUT2D eigenvalue weighted by atomic mass is 10.1. The van der Waals surface area contributed by atoms with Crippen LogP contribution in [0.15, 0.2) is 24.3 Å². The monoisotopic (exact) mass is 364 g/mol. The minimum atomic E-state index is 0.184. The first-order chi connectivity index (χ1) is 12.5. The van der Waals surface area contributed by atoms with Crippen molar-refractivity contribution >= 4 is 5.78 Å². The number of ketones is 1. The Morgan fingerprint density at radius 3 is 2.38 bits per heavy atom. The number of Topliss-reactive ketones (excluding diaryl/α,β-unsaturated/α-hetero) is 1. The fraction of sp³-hybridized carbons (Fsp3) is 0.682. The van der Waals surface area contributed by atoms with Crippen LogP contribution >= 0.6 is 0 Å². The highest BCUT2D eigenvalue weighted by molar-refractivity contribution is 5.81. The van der Waals surface area contributed by atoms with Gasteiger partial charge in [0, 0.05) is 19.4 Å². The van der Waals surface area contributed by atoms with Gasteiger partial charge in [0.05, 0.1) is 26.4 Å². The molecule has 0 amide bonds. The first kappa shape index (κ1) is 22.7. The van der Waals surface area contributed by atoms with Gasteiger partial charge >= 0.3 is 0 Å². The Bertz CT molecular complexity index is 497. The second-order valence-electron chi connectivity index (χ2n) is 7.58. The molecule has 1 rings (SSSR count). The number of rotatable bonds is 15. The number of hydrogen-bond acceptors (Lipinski definition) is 4. The highest BCUT2D eigenvalue weighted by Crippen LogP contribution is 2.15. The summed E-state index contributed by atoms with van der Waals surface area (Å²) >= 11 is 0. The molecule has 0 unspecified atom stereocenters. The van der Waals surface area contributed by atoms with Gasteiger partial charge in [-0.2, -0.15) is 0 Å². The average molecular weight is 365 g/mol. The smallest absolute Gasteiger partial charge is 0.139 e. The standard InChI is InChI=1S/C22H36O4/c1-18(2)7-6-11-24-13-14-25-12-10-21(23)15-20-8-5-9-22(16-20)26-17-19(3)4/h5,8-9,16,18-19H,6-7,10-15,17H2,1-4H3.